The molecule has 0 saturated carbocycles. The van der Waals surface area contributed by atoms with E-state index in [-0.39, 0.29) is 0 Å². The van der Waals surface area contributed by atoms with Crippen molar-refractivity contribution in [2.75, 3.05) is 13.2 Å². The van der Waals surface area contributed by atoms with Crippen molar-refractivity contribution >= 4 is 15.9 Å². The summed E-state index contributed by atoms with van der Waals surface area (Å²) in [6.45, 7) is 2.69. The van der Waals surface area contributed by atoms with E-state index in [4.69, 9.17) is 4.74 Å². The third-order valence-electron chi connectivity index (χ3n) is 2.66. The Balaban J connectivity index is 1.71. The van der Waals surface area contributed by atoms with Crippen molar-refractivity contribution in [2.45, 2.75) is 25.5 Å². The first kappa shape index (κ1) is 11.1. The molecule has 2 rings (SSSR count). The van der Waals surface area contributed by atoms with Crippen LogP contribution in [0.1, 0.15) is 18.4 Å². The van der Waals surface area contributed by atoms with Gasteiger partial charge in [0, 0.05) is 10.5 Å². The third-order valence-corrected chi connectivity index (χ3v) is 3.19. The van der Waals surface area contributed by atoms with Crippen LogP contribution >= 0.6 is 15.9 Å². The lowest BCUT2D eigenvalue weighted by Crippen LogP contribution is -2.26. The molecule has 1 aliphatic heterocycles. The smallest absolute Gasteiger partial charge is 0.0717 e. The van der Waals surface area contributed by atoms with Gasteiger partial charge < -0.3 is 10.1 Å². The number of halogens is 1. The van der Waals surface area contributed by atoms with E-state index in [1.807, 2.05) is 12.1 Å². The first-order valence-corrected chi connectivity index (χ1v) is 6.19. The van der Waals surface area contributed by atoms with Gasteiger partial charge in [-0.1, -0.05) is 28.1 Å². The second-order valence-corrected chi connectivity index (χ2v) is 4.85. The lowest BCUT2D eigenvalue weighted by Gasteiger charge is -2.10. The van der Waals surface area contributed by atoms with Crippen LogP contribution in [0.3, 0.4) is 0 Å². The molecule has 82 valence electrons. The molecule has 0 amide bonds. The van der Waals surface area contributed by atoms with E-state index in [0.717, 1.165) is 17.6 Å². The van der Waals surface area contributed by atoms with Gasteiger partial charge in [-0.05, 0) is 37.1 Å². The van der Waals surface area contributed by atoms with Gasteiger partial charge in [-0.15, -0.1) is 0 Å². The zero-order valence-corrected chi connectivity index (χ0v) is 10.3. The van der Waals surface area contributed by atoms with Crippen molar-refractivity contribution in [1.82, 2.24) is 5.32 Å². The molecule has 0 aromatic heterocycles. The van der Waals surface area contributed by atoms with Gasteiger partial charge in [-0.3, -0.25) is 0 Å². The van der Waals surface area contributed by atoms with Gasteiger partial charge in [0.1, 0.15) is 0 Å². The molecule has 1 aliphatic rings. The Kier molecular flexibility index (Phi) is 4.18. The molecular weight excluding hydrogens is 254 g/mol. The van der Waals surface area contributed by atoms with Crippen LogP contribution in [-0.4, -0.2) is 19.2 Å². The quantitative estimate of drug-likeness (QED) is 0.908. The largest absolute Gasteiger partial charge is 0.375 e. The van der Waals surface area contributed by atoms with Crippen molar-refractivity contribution in [3.05, 3.63) is 34.3 Å². The first-order valence-electron chi connectivity index (χ1n) is 5.40. The second kappa shape index (κ2) is 5.64. The molecule has 1 aromatic carbocycles. The number of hydrogen-bond donors (Lipinski definition) is 1. The number of rotatable bonds is 4. The number of hydrogen-bond acceptors (Lipinski definition) is 2. The topological polar surface area (TPSA) is 21.3 Å². The van der Waals surface area contributed by atoms with Crippen LogP contribution in [0.2, 0.25) is 0 Å². The Morgan fingerprint density at radius 2 is 2.13 bits per heavy atom. The summed E-state index contributed by atoms with van der Waals surface area (Å²) in [5, 5.41) is 3.42. The predicted molar refractivity (Wildman–Crippen MR) is 64.8 cm³/mol. The molecule has 0 radical (unpaired) electrons. The van der Waals surface area contributed by atoms with Crippen LogP contribution in [0, 0.1) is 0 Å². The molecule has 1 unspecified atom stereocenters. The summed E-state index contributed by atoms with van der Waals surface area (Å²) in [7, 11) is 0. The molecule has 1 aromatic rings. The second-order valence-electron chi connectivity index (χ2n) is 3.93. The van der Waals surface area contributed by atoms with E-state index < -0.39 is 0 Å². The van der Waals surface area contributed by atoms with Gasteiger partial charge in [-0.25, -0.2) is 0 Å². The van der Waals surface area contributed by atoms with Gasteiger partial charge in [0.2, 0.25) is 0 Å². The van der Waals surface area contributed by atoms with Gasteiger partial charge >= 0.3 is 0 Å². The fourth-order valence-electron chi connectivity index (χ4n) is 1.80. The van der Waals surface area contributed by atoms with E-state index in [1.165, 1.54) is 18.4 Å². The highest BCUT2D eigenvalue weighted by atomic mass is 79.9. The van der Waals surface area contributed by atoms with E-state index in [1.54, 1.807) is 0 Å². The lowest BCUT2D eigenvalue weighted by atomic mass is 10.2. The minimum Gasteiger partial charge on any atom is -0.375 e. The van der Waals surface area contributed by atoms with Crippen LogP contribution in [0.5, 0.6) is 0 Å². The summed E-state index contributed by atoms with van der Waals surface area (Å²) in [4.78, 5) is 0. The van der Waals surface area contributed by atoms with Crippen molar-refractivity contribution in [2.24, 2.45) is 0 Å². The van der Waals surface area contributed by atoms with E-state index in [2.05, 4.69) is 33.4 Å². The molecule has 0 aliphatic carbocycles. The monoisotopic (exact) mass is 269 g/mol. The Labute approximate surface area is 99.1 Å². The maximum Gasteiger partial charge on any atom is 0.0717 e. The first-order chi connectivity index (χ1) is 7.34. The average molecular weight is 270 g/mol. The number of benzene rings is 1. The zero-order chi connectivity index (χ0) is 10.5. The maximum absolute atomic E-state index is 5.67. The van der Waals surface area contributed by atoms with Gasteiger partial charge in [0.15, 0.2) is 0 Å². The molecule has 1 N–H and O–H groups in total. The number of ether oxygens (including phenoxy) is 1. The molecule has 0 spiro atoms. The normalized spacial score (nSPS) is 20.7. The van der Waals surface area contributed by atoms with Crippen LogP contribution in [0.15, 0.2) is 28.7 Å². The summed E-state index contributed by atoms with van der Waals surface area (Å²) in [6.07, 6.45) is 2.53. The Morgan fingerprint density at radius 3 is 2.80 bits per heavy atom. The molecule has 2 nitrogen and oxygen atoms in total. The van der Waals surface area contributed by atoms with Gasteiger partial charge in [-0.2, -0.15) is 0 Å². The third kappa shape index (κ3) is 3.59. The lowest BCUT2D eigenvalue weighted by molar-refractivity contribution is 0.103. The van der Waals surface area contributed by atoms with Crippen molar-refractivity contribution in [1.29, 1.82) is 0 Å². The molecule has 15 heavy (non-hydrogen) atoms. The van der Waals surface area contributed by atoms with Crippen LogP contribution in [-0.2, 0) is 11.3 Å². The molecule has 1 fully saturated rings. The molecule has 1 atom stereocenters. The Hall–Kier alpha value is -0.380. The van der Waals surface area contributed by atoms with E-state index in [9.17, 15) is 0 Å². The van der Waals surface area contributed by atoms with Crippen LogP contribution in [0.25, 0.3) is 0 Å². The Bertz CT molecular complexity index is 293. The number of nitrogens with one attached hydrogen (secondary N) is 1. The SMILES string of the molecule is Brc1ccc(COCC2CCCN2)cc1. The molecule has 1 heterocycles. The minimum absolute atomic E-state index is 0.570. The molecular formula is C12H16BrNO. The van der Waals surface area contributed by atoms with Gasteiger partial charge in [0.05, 0.1) is 13.2 Å². The van der Waals surface area contributed by atoms with Gasteiger partial charge in [0.25, 0.3) is 0 Å². The van der Waals surface area contributed by atoms with Crippen LogP contribution < -0.4 is 5.32 Å². The Morgan fingerprint density at radius 1 is 1.33 bits per heavy atom. The highest BCUT2D eigenvalue weighted by Gasteiger charge is 2.13. The zero-order valence-electron chi connectivity index (χ0n) is 8.71. The summed E-state index contributed by atoms with van der Waals surface area (Å²) in [5.74, 6) is 0. The summed E-state index contributed by atoms with van der Waals surface area (Å²) in [5.41, 5.74) is 1.23. The van der Waals surface area contributed by atoms with E-state index >= 15 is 0 Å². The molecule has 0 bridgehead atoms. The molecule has 3 heteroatoms. The summed E-state index contributed by atoms with van der Waals surface area (Å²) in [6, 6.07) is 8.85. The fraction of sp³-hybridized carbons (Fsp3) is 0.500. The van der Waals surface area contributed by atoms with Crippen molar-refractivity contribution < 1.29 is 4.74 Å². The fourth-order valence-corrected chi connectivity index (χ4v) is 2.06. The highest BCUT2D eigenvalue weighted by Crippen LogP contribution is 2.12. The molecule has 1 saturated heterocycles. The average Bonchev–Trinajstić information content (AvgIpc) is 2.74. The highest BCUT2D eigenvalue weighted by molar-refractivity contribution is 9.10. The van der Waals surface area contributed by atoms with Crippen molar-refractivity contribution in [3.8, 4) is 0 Å². The summed E-state index contributed by atoms with van der Waals surface area (Å²) >= 11 is 3.42. The van der Waals surface area contributed by atoms with Crippen LogP contribution in [0.4, 0.5) is 0 Å². The predicted octanol–water partition coefficient (Wildman–Crippen LogP) is 2.72. The standard InChI is InChI=1S/C12H16BrNO/c13-11-5-3-10(4-6-11)8-15-9-12-2-1-7-14-12/h3-6,12,14H,1-2,7-9H2. The minimum atomic E-state index is 0.570. The maximum atomic E-state index is 5.67. The van der Waals surface area contributed by atoms with E-state index in [0.29, 0.717) is 12.6 Å². The van der Waals surface area contributed by atoms with Crippen molar-refractivity contribution in [3.63, 3.8) is 0 Å². The summed E-state index contributed by atoms with van der Waals surface area (Å²) < 4.78 is 6.78.